The van der Waals surface area contributed by atoms with Crippen molar-refractivity contribution in [2.75, 3.05) is 12.8 Å². The van der Waals surface area contributed by atoms with Crippen LogP contribution in [0.15, 0.2) is 72.8 Å². The Bertz CT molecular complexity index is 1100. The van der Waals surface area contributed by atoms with Crippen LogP contribution in [0.5, 0.6) is 0 Å². The van der Waals surface area contributed by atoms with Crippen LogP contribution in [0, 0.1) is 19.7 Å². The molecule has 0 heterocycles. The normalized spacial score (nSPS) is 11.6. The summed E-state index contributed by atoms with van der Waals surface area (Å²) in [7, 11) is 1.56. The Hall–Kier alpha value is -3.12. The van der Waals surface area contributed by atoms with Gasteiger partial charge in [0, 0.05) is 31.3 Å². The van der Waals surface area contributed by atoms with Crippen molar-refractivity contribution in [3.05, 3.63) is 106 Å². The molecule has 6 heteroatoms. The Labute approximate surface area is 205 Å². The van der Waals surface area contributed by atoms with E-state index in [-0.39, 0.29) is 24.1 Å². The summed E-state index contributed by atoms with van der Waals surface area (Å²) in [4.78, 5) is 27.9. The Morgan fingerprint density at radius 1 is 0.941 bits per heavy atom. The zero-order valence-electron chi connectivity index (χ0n) is 19.9. The molecular weight excluding hydrogens is 447 g/mol. The molecular formula is C28H31FN2O2S. The molecule has 34 heavy (non-hydrogen) atoms. The van der Waals surface area contributed by atoms with E-state index in [4.69, 9.17) is 0 Å². The van der Waals surface area contributed by atoms with Crippen molar-refractivity contribution < 1.29 is 14.0 Å². The molecule has 0 spiro atoms. The number of benzene rings is 3. The van der Waals surface area contributed by atoms with Gasteiger partial charge < -0.3 is 10.2 Å². The molecule has 178 valence electrons. The first-order valence-corrected chi connectivity index (χ1v) is 12.5. The maximum Gasteiger partial charge on any atom is 0.242 e. The summed E-state index contributed by atoms with van der Waals surface area (Å²) in [5.41, 5.74) is 4.85. The first-order valence-electron chi connectivity index (χ1n) is 11.3. The van der Waals surface area contributed by atoms with Crippen LogP contribution in [0.25, 0.3) is 0 Å². The van der Waals surface area contributed by atoms with Gasteiger partial charge in [0.15, 0.2) is 0 Å². The number of hydrogen-bond acceptors (Lipinski definition) is 3. The van der Waals surface area contributed by atoms with Crippen LogP contribution in [0.1, 0.15) is 27.8 Å². The number of nitrogens with one attached hydrogen (secondary N) is 1. The van der Waals surface area contributed by atoms with E-state index in [2.05, 4.69) is 37.4 Å². The van der Waals surface area contributed by atoms with Crippen LogP contribution in [0.4, 0.5) is 4.39 Å². The number of aryl methyl sites for hydroxylation is 2. The molecule has 0 aliphatic rings. The van der Waals surface area contributed by atoms with Crippen molar-refractivity contribution in [1.29, 1.82) is 0 Å². The quantitative estimate of drug-likeness (QED) is 0.443. The average Bonchev–Trinajstić information content (AvgIpc) is 2.82. The standard InChI is InChI=1S/C28H31FN2O2S/c1-20-13-21(2)15-23(14-20)18-34-19-27(32)31(17-24-11-7-8-12-25(24)29)26(28(33)30-3)16-22-9-5-4-6-10-22/h4-15,26H,16-19H2,1-3H3,(H,30,33)/t26-/m0/s1. The zero-order valence-corrected chi connectivity index (χ0v) is 20.7. The lowest BCUT2D eigenvalue weighted by molar-refractivity contribution is -0.139. The Kier molecular flexibility index (Phi) is 9.28. The molecule has 2 amide bonds. The highest BCUT2D eigenvalue weighted by atomic mass is 32.2. The van der Waals surface area contributed by atoms with E-state index < -0.39 is 11.9 Å². The topological polar surface area (TPSA) is 49.4 Å². The van der Waals surface area contributed by atoms with Crippen LogP contribution >= 0.6 is 11.8 Å². The SMILES string of the molecule is CNC(=O)[C@H](Cc1ccccc1)N(Cc1ccccc1F)C(=O)CSCc1cc(C)cc(C)c1. The third kappa shape index (κ3) is 7.19. The second-order valence-electron chi connectivity index (χ2n) is 8.42. The molecule has 0 radical (unpaired) electrons. The van der Waals surface area contributed by atoms with E-state index in [0.29, 0.717) is 17.7 Å². The summed E-state index contributed by atoms with van der Waals surface area (Å²) in [5.74, 6) is 0.0306. The predicted octanol–water partition coefficient (Wildman–Crippen LogP) is 5.06. The number of halogens is 1. The molecule has 0 aromatic heterocycles. The van der Waals surface area contributed by atoms with Crippen molar-refractivity contribution >= 4 is 23.6 Å². The van der Waals surface area contributed by atoms with E-state index in [9.17, 15) is 14.0 Å². The zero-order chi connectivity index (χ0) is 24.5. The largest absolute Gasteiger partial charge is 0.357 e. The van der Waals surface area contributed by atoms with Gasteiger partial charge in [0.25, 0.3) is 0 Å². The molecule has 1 atom stereocenters. The second kappa shape index (κ2) is 12.4. The summed E-state index contributed by atoms with van der Waals surface area (Å²) in [6.45, 7) is 4.14. The van der Waals surface area contributed by atoms with Crippen LogP contribution in [0.2, 0.25) is 0 Å². The summed E-state index contributed by atoms with van der Waals surface area (Å²) in [6, 6.07) is 21.5. The fourth-order valence-corrected chi connectivity index (χ4v) is 4.87. The highest BCUT2D eigenvalue weighted by Gasteiger charge is 2.30. The van der Waals surface area contributed by atoms with Gasteiger partial charge in [0.2, 0.25) is 11.8 Å². The van der Waals surface area contributed by atoms with Crippen molar-refractivity contribution in [1.82, 2.24) is 10.2 Å². The van der Waals surface area contributed by atoms with Crippen LogP contribution in [-0.4, -0.2) is 35.6 Å². The number of hydrogen-bond donors (Lipinski definition) is 1. The Balaban J connectivity index is 1.82. The van der Waals surface area contributed by atoms with Crippen LogP contribution < -0.4 is 5.32 Å². The van der Waals surface area contributed by atoms with Gasteiger partial charge in [-0.3, -0.25) is 9.59 Å². The fraction of sp³-hybridized carbons (Fsp3) is 0.286. The minimum absolute atomic E-state index is 0.0283. The summed E-state index contributed by atoms with van der Waals surface area (Å²) < 4.78 is 14.5. The van der Waals surface area contributed by atoms with Crippen LogP contribution in [0.3, 0.4) is 0 Å². The minimum atomic E-state index is -0.749. The van der Waals surface area contributed by atoms with Gasteiger partial charge in [0.1, 0.15) is 11.9 Å². The van der Waals surface area contributed by atoms with Gasteiger partial charge in [0.05, 0.1) is 5.75 Å². The molecule has 0 aliphatic heterocycles. The molecule has 1 N–H and O–H groups in total. The summed E-state index contributed by atoms with van der Waals surface area (Å²) in [5, 5.41) is 2.68. The lowest BCUT2D eigenvalue weighted by Gasteiger charge is -2.31. The second-order valence-corrected chi connectivity index (χ2v) is 9.41. The summed E-state index contributed by atoms with van der Waals surface area (Å²) in [6.07, 6.45) is 0.350. The molecule has 0 fully saturated rings. The highest BCUT2D eigenvalue weighted by molar-refractivity contribution is 7.99. The van der Waals surface area contributed by atoms with Crippen LogP contribution in [-0.2, 0) is 28.3 Å². The average molecular weight is 479 g/mol. The number of carbonyl (C=O) groups excluding carboxylic acids is 2. The third-order valence-corrected chi connectivity index (χ3v) is 6.58. The van der Waals surface area contributed by atoms with E-state index in [0.717, 1.165) is 11.1 Å². The molecule has 0 bridgehead atoms. The lowest BCUT2D eigenvalue weighted by atomic mass is 10.0. The molecule has 4 nitrogen and oxygen atoms in total. The third-order valence-electron chi connectivity index (χ3n) is 5.59. The first kappa shape index (κ1) is 25.5. The summed E-state index contributed by atoms with van der Waals surface area (Å²) >= 11 is 1.50. The number of likely N-dealkylation sites (N-methyl/N-ethyl adjacent to an activating group) is 1. The Morgan fingerprint density at radius 3 is 2.24 bits per heavy atom. The number of rotatable bonds is 10. The van der Waals surface area contributed by atoms with Gasteiger partial charge in [-0.2, -0.15) is 0 Å². The fourth-order valence-electron chi connectivity index (χ4n) is 4.02. The van der Waals surface area contributed by atoms with E-state index >= 15 is 0 Å². The predicted molar refractivity (Wildman–Crippen MR) is 137 cm³/mol. The molecule has 0 aliphatic carbocycles. The van der Waals surface area contributed by atoms with E-state index in [1.54, 1.807) is 25.2 Å². The molecule has 0 unspecified atom stereocenters. The number of amides is 2. The Morgan fingerprint density at radius 2 is 1.59 bits per heavy atom. The molecule has 3 aromatic rings. The monoisotopic (exact) mass is 478 g/mol. The van der Waals surface area contributed by atoms with E-state index in [1.807, 2.05) is 30.3 Å². The maximum absolute atomic E-state index is 14.5. The smallest absolute Gasteiger partial charge is 0.242 e. The molecule has 0 saturated heterocycles. The van der Waals surface area contributed by atoms with Gasteiger partial charge in [-0.05, 0) is 31.0 Å². The minimum Gasteiger partial charge on any atom is -0.357 e. The number of thioether (sulfide) groups is 1. The van der Waals surface area contributed by atoms with Gasteiger partial charge in [-0.25, -0.2) is 4.39 Å². The molecule has 0 saturated carbocycles. The van der Waals surface area contributed by atoms with Crippen molar-refractivity contribution in [2.24, 2.45) is 0 Å². The number of carbonyl (C=O) groups is 2. The highest BCUT2D eigenvalue weighted by Crippen LogP contribution is 2.20. The molecule has 3 rings (SSSR count). The van der Waals surface area contributed by atoms with Crippen molar-refractivity contribution in [3.8, 4) is 0 Å². The van der Waals surface area contributed by atoms with Crippen molar-refractivity contribution in [3.63, 3.8) is 0 Å². The first-order chi connectivity index (χ1) is 16.4. The number of nitrogens with zero attached hydrogens (tertiary/aromatic N) is 1. The lowest BCUT2D eigenvalue weighted by Crippen LogP contribution is -2.50. The van der Waals surface area contributed by atoms with E-state index in [1.165, 1.54) is 33.9 Å². The van der Waals surface area contributed by atoms with Gasteiger partial charge in [-0.1, -0.05) is 77.9 Å². The van der Waals surface area contributed by atoms with Gasteiger partial charge >= 0.3 is 0 Å². The van der Waals surface area contributed by atoms with Gasteiger partial charge in [-0.15, -0.1) is 11.8 Å². The van der Waals surface area contributed by atoms with Crippen molar-refractivity contribution in [2.45, 2.75) is 38.6 Å². The molecule has 3 aromatic carbocycles. The maximum atomic E-state index is 14.5.